The summed E-state index contributed by atoms with van der Waals surface area (Å²) in [6.07, 6.45) is 0. The molecule has 1 amide bonds. The quantitative estimate of drug-likeness (QED) is 0.685. The van der Waals surface area contributed by atoms with Crippen LogP contribution in [-0.2, 0) is 0 Å². The van der Waals surface area contributed by atoms with E-state index in [1.165, 1.54) is 11.3 Å². The highest BCUT2D eigenvalue weighted by atomic mass is 35.5. The van der Waals surface area contributed by atoms with Crippen LogP contribution in [0, 0.1) is 0 Å². The number of benzene rings is 1. The average molecular weight is 337 g/mol. The van der Waals surface area contributed by atoms with Gasteiger partial charge in [0.05, 0.1) is 25.5 Å². The molecular weight excluding hydrogens is 324 g/mol. The maximum Gasteiger partial charge on any atom is 0.264 e. The predicted octanol–water partition coefficient (Wildman–Crippen LogP) is 4.84. The van der Waals surface area contributed by atoms with E-state index in [9.17, 15) is 4.79 Å². The number of carbonyl (C=O) groups excluding carboxylic acids is 1. The van der Waals surface area contributed by atoms with E-state index in [0.717, 1.165) is 15.2 Å². The smallest absolute Gasteiger partial charge is 0.264 e. The Hall–Kier alpha value is -1.43. The van der Waals surface area contributed by atoms with Gasteiger partial charge in [0.1, 0.15) is 5.01 Å². The fourth-order valence-corrected chi connectivity index (χ4v) is 4.10. The van der Waals surface area contributed by atoms with Crippen LogP contribution in [0.3, 0.4) is 0 Å². The van der Waals surface area contributed by atoms with Gasteiger partial charge in [-0.05, 0) is 31.2 Å². The van der Waals surface area contributed by atoms with Crippen molar-refractivity contribution in [3.8, 4) is 0 Å². The number of amides is 1. The molecule has 1 atom stereocenters. The minimum absolute atomic E-state index is 0.0290. The molecule has 0 aliphatic rings. The van der Waals surface area contributed by atoms with Crippen molar-refractivity contribution in [1.29, 1.82) is 0 Å². The summed E-state index contributed by atoms with van der Waals surface area (Å²) in [6, 6.07) is 11.4. The lowest BCUT2D eigenvalue weighted by Gasteiger charge is -2.22. The Morgan fingerprint density at radius 2 is 2.00 bits per heavy atom. The summed E-state index contributed by atoms with van der Waals surface area (Å²) in [4.78, 5) is 19.4. The van der Waals surface area contributed by atoms with Crippen LogP contribution in [-0.4, -0.2) is 22.8 Å². The predicted molar refractivity (Wildman–Crippen MR) is 89.5 cm³/mol. The Morgan fingerprint density at radius 1 is 1.24 bits per heavy atom. The molecule has 2 heterocycles. The zero-order valence-electron chi connectivity index (χ0n) is 11.5. The molecule has 0 spiro atoms. The molecule has 6 heteroatoms. The van der Waals surface area contributed by atoms with Gasteiger partial charge in [-0.2, -0.15) is 0 Å². The first-order chi connectivity index (χ1) is 10.1. The fourth-order valence-electron chi connectivity index (χ4n) is 2.01. The van der Waals surface area contributed by atoms with E-state index in [-0.39, 0.29) is 11.9 Å². The van der Waals surface area contributed by atoms with Gasteiger partial charge in [0.2, 0.25) is 0 Å². The van der Waals surface area contributed by atoms with Gasteiger partial charge in [-0.1, -0.05) is 23.7 Å². The SMILES string of the molecule is C[C@H](c1nc2ccccc2s1)N(C)C(=O)c1ccc(Cl)s1. The lowest BCUT2D eigenvalue weighted by Crippen LogP contribution is -2.28. The second kappa shape index (κ2) is 5.75. The van der Waals surface area contributed by atoms with Gasteiger partial charge in [0.25, 0.3) is 5.91 Å². The van der Waals surface area contributed by atoms with Gasteiger partial charge in [-0.15, -0.1) is 22.7 Å². The molecule has 0 N–H and O–H groups in total. The molecule has 0 saturated carbocycles. The number of thiophene rings is 1. The van der Waals surface area contributed by atoms with Gasteiger partial charge in [-0.25, -0.2) is 4.98 Å². The molecule has 2 aromatic heterocycles. The second-order valence-corrected chi connectivity index (χ2v) is 7.49. The van der Waals surface area contributed by atoms with Crippen LogP contribution in [0.25, 0.3) is 10.2 Å². The van der Waals surface area contributed by atoms with Gasteiger partial charge in [0, 0.05) is 7.05 Å². The molecule has 3 aromatic rings. The summed E-state index contributed by atoms with van der Waals surface area (Å²) >= 11 is 8.82. The number of hydrogen-bond acceptors (Lipinski definition) is 4. The molecule has 0 unspecified atom stereocenters. The van der Waals surface area contributed by atoms with Gasteiger partial charge in [-0.3, -0.25) is 4.79 Å². The minimum atomic E-state index is -0.0734. The maximum absolute atomic E-state index is 12.4. The first kappa shape index (κ1) is 14.5. The Kier molecular flexibility index (Phi) is 3.97. The maximum atomic E-state index is 12.4. The summed E-state index contributed by atoms with van der Waals surface area (Å²) < 4.78 is 1.76. The molecule has 21 heavy (non-hydrogen) atoms. The number of aromatic nitrogens is 1. The minimum Gasteiger partial charge on any atom is -0.332 e. The molecule has 0 radical (unpaired) electrons. The topological polar surface area (TPSA) is 33.2 Å². The third-order valence-electron chi connectivity index (χ3n) is 3.35. The van der Waals surface area contributed by atoms with Gasteiger partial charge in [0.15, 0.2) is 0 Å². The number of carbonyl (C=O) groups is 1. The average Bonchev–Trinajstić information content (AvgIpc) is 3.10. The summed E-state index contributed by atoms with van der Waals surface area (Å²) in [6.45, 7) is 1.99. The monoisotopic (exact) mass is 336 g/mol. The van der Waals surface area contributed by atoms with Crippen molar-refractivity contribution in [2.75, 3.05) is 7.05 Å². The van der Waals surface area contributed by atoms with E-state index < -0.39 is 0 Å². The number of fused-ring (bicyclic) bond motifs is 1. The Bertz CT molecular complexity index is 763. The first-order valence-electron chi connectivity index (χ1n) is 6.44. The highest BCUT2D eigenvalue weighted by molar-refractivity contribution is 7.18. The highest BCUT2D eigenvalue weighted by Crippen LogP contribution is 2.30. The van der Waals surface area contributed by atoms with Crippen LogP contribution >= 0.6 is 34.3 Å². The molecule has 0 fully saturated rings. The van der Waals surface area contributed by atoms with Crippen molar-refractivity contribution in [2.45, 2.75) is 13.0 Å². The molecule has 3 nitrogen and oxygen atoms in total. The van der Waals surface area contributed by atoms with E-state index in [0.29, 0.717) is 9.21 Å². The summed E-state index contributed by atoms with van der Waals surface area (Å²) in [5, 5.41) is 0.940. The fraction of sp³-hybridized carbons (Fsp3) is 0.200. The number of halogens is 1. The van der Waals surface area contributed by atoms with Crippen molar-refractivity contribution < 1.29 is 4.79 Å². The third-order valence-corrected chi connectivity index (χ3v) is 5.78. The standard InChI is InChI=1S/C15H13ClN2OS2/c1-9(14-17-10-5-3-4-6-11(10)21-14)18(2)15(19)12-7-8-13(16)20-12/h3-9H,1-2H3/t9-/m1/s1. The Morgan fingerprint density at radius 3 is 2.67 bits per heavy atom. The normalized spacial score (nSPS) is 12.5. The van der Waals surface area contributed by atoms with Crippen molar-refractivity contribution in [3.63, 3.8) is 0 Å². The number of hydrogen-bond donors (Lipinski definition) is 0. The molecule has 108 valence electrons. The van der Waals surface area contributed by atoms with Crippen LogP contribution in [0.4, 0.5) is 0 Å². The van der Waals surface area contributed by atoms with E-state index in [4.69, 9.17) is 11.6 Å². The largest absolute Gasteiger partial charge is 0.332 e. The zero-order chi connectivity index (χ0) is 15.0. The van der Waals surface area contributed by atoms with Crippen molar-refractivity contribution in [1.82, 2.24) is 9.88 Å². The molecule has 0 aliphatic carbocycles. The third kappa shape index (κ3) is 2.81. The van der Waals surface area contributed by atoms with E-state index in [2.05, 4.69) is 4.98 Å². The molecule has 0 aliphatic heterocycles. The van der Waals surface area contributed by atoms with Crippen LogP contribution in [0.5, 0.6) is 0 Å². The van der Waals surface area contributed by atoms with Crippen molar-refractivity contribution in [3.05, 3.63) is 50.6 Å². The van der Waals surface area contributed by atoms with E-state index >= 15 is 0 Å². The van der Waals surface area contributed by atoms with Crippen LogP contribution in [0.2, 0.25) is 4.34 Å². The first-order valence-corrected chi connectivity index (χ1v) is 8.45. The molecular formula is C15H13ClN2OS2. The van der Waals surface area contributed by atoms with E-state index in [1.807, 2.05) is 31.2 Å². The lowest BCUT2D eigenvalue weighted by molar-refractivity contribution is 0.0747. The number of thiazole rings is 1. The number of para-hydroxylation sites is 1. The van der Waals surface area contributed by atoms with Crippen molar-refractivity contribution in [2.24, 2.45) is 0 Å². The second-order valence-electron chi connectivity index (χ2n) is 4.72. The number of nitrogens with zero attached hydrogens (tertiary/aromatic N) is 2. The highest BCUT2D eigenvalue weighted by Gasteiger charge is 2.22. The Balaban J connectivity index is 1.86. The number of rotatable bonds is 3. The molecule has 1 aromatic carbocycles. The van der Waals surface area contributed by atoms with Crippen LogP contribution < -0.4 is 0 Å². The lowest BCUT2D eigenvalue weighted by atomic mass is 10.3. The molecule has 0 bridgehead atoms. The summed E-state index contributed by atoms with van der Waals surface area (Å²) in [7, 11) is 1.80. The van der Waals surface area contributed by atoms with Gasteiger partial charge < -0.3 is 4.90 Å². The van der Waals surface area contributed by atoms with Crippen LogP contribution in [0.1, 0.15) is 27.6 Å². The summed E-state index contributed by atoms with van der Waals surface area (Å²) in [5.74, 6) is -0.0290. The molecule has 0 saturated heterocycles. The molecule has 3 rings (SSSR count). The van der Waals surface area contributed by atoms with Crippen LogP contribution in [0.15, 0.2) is 36.4 Å². The van der Waals surface area contributed by atoms with Crippen molar-refractivity contribution >= 4 is 50.4 Å². The zero-order valence-corrected chi connectivity index (χ0v) is 13.9. The Labute approximate surface area is 135 Å². The van der Waals surface area contributed by atoms with E-state index in [1.54, 1.807) is 35.4 Å². The summed E-state index contributed by atoms with van der Waals surface area (Å²) in [5.41, 5.74) is 0.976. The van der Waals surface area contributed by atoms with Gasteiger partial charge >= 0.3 is 0 Å².